The second kappa shape index (κ2) is 5.27. The first-order valence-corrected chi connectivity index (χ1v) is 6.34. The van der Waals surface area contributed by atoms with E-state index in [0.29, 0.717) is 36.3 Å². The van der Waals surface area contributed by atoms with E-state index in [1.165, 1.54) is 0 Å². The summed E-state index contributed by atoms with van der Waals surface area (Å²) >= 11 is 6.11. The number of aliphatic carboxylic acids is 1. The molecule has 5 nitrogen and oxygen atoms in total. The lowest BCUT2D eigenvalue weighted by Gasteiger charge is -2.23. The number of rotatable bonds is 4. The lowest BCUT2D eigenvalue weighted by molar-refractivity contribution is -0.143. The van der Waals surface area contributed by atoms with E-state index in [4.69, 9.17) is 26.2 Å². The van der Waals surface area contributed by atoms with Crippen molar-refractivity contribution in [3.63, 3.8) is 0 Å². The molecule has 0 unspecified atom stereocenters. The molecular formula is C13H16ClNO4. The molecule has 0 spiro atoms. The van der Waals surface area contributed by atoms with Gasteiger partial charge in [-0.25, -0.2) is 0 Å². The monoisotopic (exact) mass is 285 g/mol. The Kier molecular flexibility index (Phi) is 3.87. The topological polar surface area (TPSA) is 67.8 Å². The lowest BCUT2D eigenvalue weighted by Crippen LogP contribution is -2.46. The third-order valence-electron chi connectivity index (χ3n) is 2.93. The average Bonchev–Trinajstić information content (AvgIpc) is 2.36. The van der Waals surface area contributed by atoms with Crippen LogP contribution >= 0.6 is 11.6 Å². The Balaban J connectivity index is 2.14. The van der Waals surface area contributed by atoms with Gasteiger partial charge in [0.1, 0.15) is 18.8 Å². The Hall–Kier alpha value is -1.46. The number of ether oxygens (including phenoxy) is 2. The Labute approximate surface area is 116 Å². The first-order valence-electron chi connectivity index (χ1n) is 5.96. The van der Waals surface area contributed by atoms with E-state index in [9.17, 15) is 4.79 Å². The molecule has 0 saturated carbocycles. The fourth-order valence-corrected chi connectivity index (χ4v) is 1.95. The van der Waals surface area contributed by atoms with E-state index in [1.807, 2.05) is 6.07 Å². The average molecular weight is 286 g/mol. The predicted molar refractivity (Wildman–Crippen MR) is 71.0 cm³/mol. The minimum Gasteiger partial charge on any atom is -0.486 e. The van der Waals surface area contributed by atoms with Crippen molar-refractivity contribution in [2.24, 2.45) is 0 Å². The SMILES string of the molecule is CC(C)(NCc1cc(Cl)c2c(c1)OCCO2)C(=O)O. The molecule has 0 radical (unpaired) electrons. The maximum Gasteiger partial charge on any atom is 0.323 e. The van der Waals surface area contributed by atoms with Crippen molar-refractivity contribution in [1.29, 1.82) is 0 Å². The second-order valence-electron chi connectivity index (χ2n) is 4.89. The highest BCUT2D eigenvalue weighted by Gasteiger charge is 2.26. The Morgan fingerprint density at radius 1 is 1.42 bits per heavy atom. The minimum absolute atomic E-state index is 0.385. The molecule has 0 aliphatic carbocycles. The van der Waals surface area contributed by atoms with Crippen molar-refractivity contribution in [2.45, 2.75) is 25.9 Å². The number of carbonyl (C=O) groups is 1. The molecule has 0 bridgehead atoms. The van der Waals surface area contributed by atoms with Crippen LogP contribution in [0.2, 0.25) is 5.02 Å². The van der Waals surface area contributed by atoms with Crippen molar-refractivity contribution in [3.8, 4) is 11.5 Å². The summed E-state index contributed by atoms with van der Waals surface area (Å²) in [6.45, 7) is 4.57. The van der Waals surface area contributed by atoms with Crippen LogP contribution in [0.25, 0.3) is 0 Å². The number of hydrogen-bond acceptors (Lipinski definition) is 4. The number of benzene rings is 1. The van der Waals surface area contributed by atoms with Gasteiger partial charge in [-0.1, -0.05) is 11.6 Å². The number of carboxylic acid groups (broad SMARTS) is 1. The predicted octanol–water partition coefficient (Wildman–Crippen LogP) is 2.06. The van der Waals surface area contributed by atoms with Gasteiger partial charge in [0.05, 0.1) is 5.02 Å². The molecule has 0 amide bonds. The van der Waals surface area contributed by atoms with Crippen LogP contribution in [0, 0.1) is 0 Å². The maximum atomic E-state index is 11.0. The smallest absolute Gasteiger partial charge is 0.323 e. The van der Waals surface area contributed by atoms with Crippen LogP contribution in [0.1, 0.15) is 19.4 Å². The molecule has 2 rings (SSSR count). The van der Waals surface area contributed by atoms with Crippen LogP contribution in [0.3, 0.4) is 0 Å². The van der Waals surface area contributed by atoms with E-state index >= 15 is 0 Å². The fourth-order valence-electron chi connectivity index (χ4n) is 1.66. The zero-order chi connectivity index (χ0) is 14.0. The van der Waals surface area contributed by atoms with Crippen LogP contribution < -0.4 is 14.8 Å². The summed E-state index contributed by atoms with van der Waals surface area (Å²) in [5.74, 6) is 0.244. The van der Waals surface area contributed by atoms with Crippen molar-refractivity contribution in [2.75, 3.05) is 13.2 Å². The summed E-state index contributed by atoms with van der Waals surface area (Å²) in [6.07, 6.45) is 0. The van der Waals surface area contributed by atoms with Gasteiger partial charge < -0.3 is 14.6 Å². The summed E-state index contributed by atoms with van der Waals surface area (Å²) in [7, 11) is 0. The second-order valence-corrected chi connectivity index (χ2v) is 5.29. The number of nitrogens with one attached hydrogen (secondary N) is 1. The summed E-state index contributed by atoms with van der Waals surface area (Å²) in [4.78, 5) is 11.0. The quantitative estimate of drug-likeness (QED) is 0.886. The van der Waals surface area contributed by atoms with E-state index in [0.717, 1.165) is 5.56 Å². The van der Waals surface area contributed by atoms with Crippen molar-refractivity contribution >= 4 is 17.6 Å². The van der Waals surface area contributed by atoms with E-state index in [1.54, 1.807) is 19.9 Å². The molecule has 0 fully saturated rings. The molecule has 1 aliphatic heterocycles. The molecule has 1 aliphatic rings. The molecule has 1 aromatic carbocycles. The van der Waals surface area contributed by atoms with E-state index < -0.39 is 11.5 Å². The summed E-state index contributed by atoms with van der Waals surface area (Å²) < 4.78 is 10.9. The molecule has 1 aromatic rings. The molecule has 0 atom stereocenters. The Morgan fingerprint density at radius 3 is 2.79 bits per heavy atom. The van der Waals surface area contributed by atoms with Gasteiger partial charge in [0, 0.05) is 6.54 Å². The normalized spacial score (nSPS) is 14.3. The molecule has 6 heteroatoms. The number of fused-ring (bicyclic) bond motifs is 1. The Morgan fingerprint density at radius 2 is 2.11 bits per heavy atom. The molecule has 0 saturated heterocycles. The standard InChI is InChI=1S/C13H16ClNO4/c1-13(2,12(16)17)15-7-8-5-9(14)11-10(6-8)18-3-4-19-11/h5-6,15H,3-4,7H2,1-2H3,(H,16,17). The summed E-state index contributed by atoms with van der Waals surface area (Å²) in [6, 6.07) is 3.56. The molecule has 1 heterocycles. The van der Waals surface area contributed by atoms with E-state index in [-0.39, 0.29) is 0 Å². The van der Waals surface area contributed by atoms with Crippen molar-refractivity contribution < 1.29 is 19.4 Å². The lowest BCUT2D eigenvalue weighted by atomic mass is 10.1. The van der Waals surface area contributed by atoms with Crippen LogP contribution in [-0.2, 0) is 11.3 Å². The number of hydrogen-bond donors (Lipinski definition) is 2. The molecule has 0 aromatic heterocycles. The first kappa shape index (κ1) is 14.0. The maximum absolute atomic E-state index is 11.0. The number of halogens is 1. The minimum atomic E-state index is -1.00. The van der Waals surface area contributed by atoms with Gasteiger partial charge in [0.25, 0.3) is 0 Å². The Bertz CT molecular complexity index is 502. The van der Waals surface area contributed by atoms with Gasteiger partial charge >= 0.3 is 5.97 Å². The molecular weight excluding hydrogens is 270 g/mol. The first-order chi connectivity index (χ1) is 8.90. The molecule has 19 heavy (non-hydrogen) atoms. The van der Waals surface area contributed by atoms with Crippen molar-refractivity contribution in [3.05, 3.63) is 22.7 Å². The van der Waals surface area contributed by atoms with Crippen LogP contribution in [-0.4, -0.2) is 29.8 Å². The van der Waals surface area contributed by atoms with Crippen LogP contribution in [0.15, 0.2) is 12.1 Å². The van der Waals surface area contributed by atoms with Gasteiger partial charge in [-0.05, 0) is 31.5 Å². The highest BCUT2D eigenvalue weighted by atomic mass is 35.5. The van der Waals surface area contributed by atoms with Gasteiger partial charge in [-0.3, -0.25) is 10.1 Å². The van der Waals surface area contributed by atoms with Gasteiger partial charge in [-0.15, -0.1) is 0 Å². The summed E-state index contributed by atoms with van der Waals surface area (Å²) in [5, 5.41) is 12.5. The van der Waals surface area contributed by atoms with Crippen LogP contribution in [0.4, 0.5) is 0 Å². The third kappa shape index (κ3) is 3.11. The molecule has 2 N–H and O–H groups in total. The van der Waals surface area contributed by atoms with Crippen molar-refractivity contribution in [1.82, 2.24) is 5.32 Å². The third-order valence-corrected chi connectivity index (χ3v) is 3.21. The summed E-state index contributed by atoms with van der Waals surface area (Å²) in [5.41, 5.74) is -0.150. The van der Waals surface area contributed by atoms with Crippen LogP contribution in [0.5, 0.6) is 11.5 Å². The van der Waals surface area contributed by atoms with Gasteiger partial charge in [0.15, 0.2) is 11.5 Å². The van der Waals surface area contributed by atoms with Gasteiger partial charge in [0.2, 0.25) is 0 Å². The highest BCUT2D eigenvalue weighted by Crippen LogP contribution is 2.38. The number of carboxylic acids is 1. The largest absolute Gasteiger partial charge is 0.486 e. The zero-order valence-electron chi connectivity index (χ0n) is 10.8. The fraction of sp³-hybridized carbons (Fsp3) is 0.462. The zero-order valence-corrected chi connectivity index (χ0v) is 11.6. The van der Waals surface area contributed by atoms with E-state index in [2.05, 4.69) is 5.32 Å². The highest BCUT2D eigenvalue weighted by molar-refractivity contribution is 6.32. The van der Waals surface area contributed by atoms with Gasteiger partial charge in [-0.2, -0.15) is 0 Å². The molecule has 104 valence electrons.